The van der Waals surface area contributed by atoms with Crippen LogP contribution < -0.4 is 10.3 Å². The zero-order valence-corrected chi connectivity index (χ0v) is 11.7. The van der Waals surface area contributed by atoms with Crippen molar-refractivity contribution in [2.24, 2.45) is 0 Å². The van der Waals surface area contributed by atoms with Crippen molar-refractivity contribution < 1.29 is 9.63 Å². The highest BCUT2D eigenvalue weighted by atomic mass is 16.6. The maximum atomic E-state index is 11.8. The van der Waals surface area contributed by atoms with Crippen LogP contribution in [0, 0.1) is 0 Å². The number of nitrogens with one attached hydrogen (secondary N) is 1. The van der Waals surface area contributed by atoms with Crippen molar-refractivity contribution in [3.05, 3.63) is 29.8 Å². The molecule has 0 unspecified atom stereocenters. The molecule has 0 aliphatic carbocycles. The van der Waals surface area contributed by atoms with Crippen LogP contribution in [0.2, 0.25) is 0 Å². The van der Waals surface area contributed by atoms with E-state index in [1.54, 1.807) is 6.07 Å². The fourth-order valence-electron chi connectivity index (χ4n) is 1.85. The summed E-state index contributed by atoms with van der Waals surface area (Å²) in [5.41, 5.74) is 3.58. The zero-order valence-electron chi connectivity index (χ0n) is 11.7. The van der Waals surface area contributed by atoms with Crippen LogP contribution in [-0.4, -0.2) is 11.3 Å². The predicted molar refractivity (Wildman–Crippen MR) is 73.8 cm³/mol. The summed E-state index contributed by atoms with van der Waals surface area (Å²) < 4.78 is 0. The van der Waals surface area contributed by atoms with Crippen molar-refractivity contribution in [1.82, 2.24) is 5.48 Å². The molecule has 0 spiro atoms. The van der Waals surface area contributed by atoms with Gasteiger partial charge >= 0.3 is 0 Å². The molecule has 3 heteroatoms. The number of carbonyl (C=O) groups is 1. The van der Waals surface area contributed by atoms with Gasteiger partial charge in [-0.15, -0.1) is 0 Å². The summed E-state index contributed by atoms with van der Waals surface area (Å²) in [5, 5.41) is 0. The van der Waals surface area contributed by atoms with Crippen LogP contribution in [0.5, 0.6) is 5.75 Å². The maximum Gasteiger partial charge on any atom is 0.166 e. The molecule has 0 aliphatic rings. The van der Waals surface area contributed by atoms with Gasteiger partial charge < -0.3 is 4.84 Å². The van der Waals surface area contributed by atoms with Crippen LogP contribution in [-0.2, 0) is 0 Å². The Balaban J connectivity index is 2.76. The van der Waals surface area contributed by atoms with Crippen molar-refractivity contribution in [3.8, 4) is 5.75 Å². The van der Waals surface area contributed by atoms with E-state index in [1.807, 2.05) is 25.1 Å². The summed E-state index contributed by atoms with van der Waals surface area (Å²) in [6, 6.07) is 7.34. The number of carbonyl (C=O) groups excluding carboxylic acids is 1. The zero-order chi connectivity index (χ0) is 13.6. The second-order valence-electron chi connectivity index (χ2n) is 5.11. The Morgan fingerprint density at radius 3 is 2.56 bits per heavy atom. The molecule has 1 aromatic carbocycles. The first kappa shape index (κ1) is 14.7. The number of benzene rings is 1. The minimum absolute atomic E-state index is 0.0979. The van der Waals surface area contributed by atoms with E-state index >= 15 is 0 Å². The number of rotatable bonds is 7. The molecule has 0 radical (unpaired) electrons. The third-order valence-electron chi connectivity index (χ3n) is 2.82. The standard InChI is InChI=1S/C15H23NO2/c1-5-11-15(3,4)16-18-14-10-8-7-9-12(14)13(17)6-2/h7-10,16H,5-6,11H2,1-4H3. The second-order valence-corrected chi connectivity index (χ2v) is 5.11. The van der Waals surface area contributed by atoms with Gasteiger partial charge in [0.2, 0.25) is 0 Å². The summed E-state index contributed by atoms with van der Waals surface area (Å²) in [6.07, 6.45) is 2.58. The Hall–Kier alpha value is -1.35. The smallest absolute Gasteiger partial charge is 0.166 e. The van der Waals surface area contributed by atoms with Crippen LogP contribution in [0.15, 0.2) is 24.3 Å². The lowest BCUT2D eigenvalue weighted by atomic mass is 10.0. The highest BCUT2D eigenvalue weighted by Crippen LogP contribution is 2.20. The molecule has 0 bridgehead atoms. The van der Waals surface area contributed by atoms with E-state index in [0.29, 0.717) is 17.7 Å². The third-order valence-corrected chi connectivity index (χ3v) is 2.82. The van der Waals surface area contributed by atoms with E-state index in [4.69, 9.17) is 4.84 Å². The molecule has 0 saturated carbocycles. The summed E-state index contributed by atoms with van der Waals surface area (Å²) in [4.78, 5) is 17.4. The Morgan fingerprint density at radius 1 is 1.28 bits per heavy atom. The average molecular weight is 249 g/mol. The van der Waals surface area contributed by atoms with Gasteiger partial charge in [0.25, 0.3) is 0 Å². The third kappa shape index (κ3) is 4.15. The number of hydrogen-bond acceptors (Lipinski definition) is 3. The molecule has 18 heavy (non-hydrogen) atoms. The SMILES string of the molecule is CCCC(C)(C)NOc1ccccc1C(=O)CC. The van der Waals surface area contributed by atoms with E-state index < -0.39 is 0 Å². The highest BCUT2D eigenvalue weighted by Gasteiger charge is 2.18. The van der Waals surface area contributed by atoms with Crippen LogP contribution in [0.1, 0.15) is 57.3 Å². The van der Waals surface area contributed by atoms with Crippen molar-refractivity contribution >= 4 is 5.78 Å². The van der Waals surface area contributed by atoms with Crippen molar-refractivity contribution in [3.63, 3.8) is 0 Å². The minimum atomic E-state index is -0.100. The molecule has 3 nitrogen and oxygen atoms in total. The van der Waals surface area contributed by atoms with Gasteiger partial charge in [-0.3, -0.25) is 4.79 Å². The highest BCUT2D eigenvalue weighted by molar-refractivity contribution is 5.98. The molecular formula is C15H23NO2. The average Bonchev–Trinajstić information content (AvgIpc) is 2.36. The van der Waals surface area contributed by atoms with E-state index in [2.05, 4.69) is 26.3 Å². The first-order valence-electron chi connectivity index (χ1n) is 6.56. The summed E-state index contributed by atoms with van der Waals surface area (Å²) >= 11 is 0. The van der Waals surface area contributed by atoms with E-state index in [-0.39, 0.29) is 11.3 Å². The Morgan fingerprint density at radius 2 is 1.94 bits per heavy atom. The monoisotopic (exact) mass is 249 g/mol. The molecule has 0 aliphatic heterocycles. The number of Topliss-reactive ketones (excluding diaryl/α,β-unsaturated/α-hetero) is 1. The number of para-hydroxylation sites is 1. The fraction of sp³-hybridized carbons (Fsp3) is 0.533. The number of ketones is 1. The van der Waals surface area contributed by atoms with Gasteiger partial charge in [-0.2, -0.15) is 5.48 Å². The van der Waals surface area contributed by atoms with Gasteiger partial charge in [-0.05, 0) is 32.4 Å². The fourth-order valence-corrected chi connectivity index (χ4v) is 1.85. The van der Waals surface area contributed by atoms with Crippen LogP contribution in [0.4, 0.5) is 0 Å². The lowest BCUT2D eigenvalue weighted by Crippen LogP contribution is -2.41. The number of hydroxylamine groups is 1. The molecule has 100 valence electrons. The van der Waals surface area contributed by atoms with Gasteiger partial charge in [0.05, 0.1) is 5.56 Å². The van der Waals surface area contributed by atoms with E-state index in [9.17, 15) is 4.79 Å². The second kappa shape index (κ2) is 6.55. The van der Waals surface area contributed by atoms with Crippen molar-refractivity contribution in [1.29, 1.82) is 0 Å². The van der Waals surface area contributed by atoms with Crippen LogP contribution in [0.25, 0.3) is 0 Å². The van der Waals surface area contributed by atoms with Gasteiger partial charge in [-0.25, -0.2) is 0 Å². The predicted octanol–water partition coefficient (Wildman–Crippen LogP) is 3.74. The quantitative estimate of drug-likeness (QED) is 0.591. The molecule has 0 aromatic heterocycles. The number of hydrogen-bond donors (Lipinski definition) is 1. The summed E-state index contributed by atoms with van der Waals surface area (Å²) in [6.45, 7) is 8.16. The molecule has 1 rings (SSSR count). The first-order valence-corrected chi connectivity index (χ1v) is 6.56. The topological polar surface area (TPSA) is 38.3 Å². The molecule has 0 heterocycles. The largest absolute Gasteiger partial charge is 0.407 e. The molecule has 0 atom stereocenters. The maximum absolute atomic E-state index is 11.8. The first-order chi connectivity index (χ1) is 8.50. The molecule has 0 amide bonds. The van der Waals surface area contributed by atoms with Crippen molar-refractivity contribution in [2.75, 3.05) is 0 Å². The van der Waals surface area contributed by atoms with E-state index in [0.717, 1.165) is 12.8 Å². The minimum Gasteiger partial charge on any atom is -0.407 e. The van der Waals surface area contributed by atoms with Gasteiger partial charge in [-0.1, -0.05) is 32.4 Å². The van der Waals surface area contributed by atoms with Gasteiger partial charge in [0, 0.05) is 12.0 Å². The Kier molecular flexibility index (Phi) is 5.35. The van der Waals surface area contributed by atoms with Gasteiger partial charge in [0.1, 0.15) is 0 Å². The lowest BCUT2D eigenvalue weighted by Gasteiger charge is -2.25. The summed E-state index contributed by atoms with van der Waals surface area (Å²) in [7, 11) is 0. The van der Waals surface area contributed by atoms with Crippen molar-refractivity contribution in [2.45, 2.75) is 52.5 Å². The molecular weight excluding hydrogens is 226 g/mol. The summed E-state index contributed by atoms with van der Waals surface area (Å²) in [5.74, 6) is 0.703. The molecule has 0 fully saturated rings. The van der Waals surface area contributed by atoms with E-state index in [1.165, 1.54) is 0 Å². The molecule has 0 saturated heterocycles. The van der Waals surface area contributed by atoms with Crippen LogP contribution in [0.3, 0.4) is 0 Å². The van der Waals surface area contributed by atoms with Gasteiger partial charge in [0.15, 0.2) is 11.5 Å². The lowest BCUT2D eigenvalue weighted by molar-refractivity contribution is 0.0917. The molecule has 1 N–H and O–H groups in total. The Bertz CT molecular complexity index is 399. The van der Waals surface area contributed by atoms with Crippen LogP contribution >= 0.6 is 0 Å². The normalized spacial score (nSPS) is 11.3. The Labute approximate surface area is 109 Å². The molecule has 1 aromatic rings.